The van der Waals surface area contributed by atoms with Crippen LogP contribution in [0.5, 0.6) is 5.75 Å². The van der Waals surface area contributed by atoms with E-state index in [2.05, 4.69) is 16.3 Å². The van der Waals surface area contributed by atoms with E-state index in [1.165, 1.54) is 7.11 Å². The Hall–Kier alpha value is -3.53. The highest BCUT2D eigenvalue weighted by atomic mass is 32.2. The summed E-state index contributed by atoms with van der Waals surface area (Å²) in [6.45, 7) is 2.44. The Labute approximate surface area is 211 Å². The molecule has 9 heteroatoms. The van der Waals surface area contributed by atoms with E-state index in [4.69, 9.17) is 19.8 Å². The zero-order valence-electron chi connectivity index (χ0n) is 20.1. The highest BCUT2D eigenvalue weighted by Gasteiger charge is 2.25. The van der Waals surface area contributed by atoms with Crippen LogP contribution < -0.4 is 20.1 Å². The molecule has 1 saturated heterocycles. The summed E-state index contributed by atoms with van der Waals surface area (Å²) in [4.78, 5) is 12.1. The van der Waals surface area contributed by atoms with Crippen LogP contribution >= 0.6 is 0 Å². The van der Waals surface area contributed by atoms with Crippen molar-refractivity contribution in [3.8, 4) is 17.1 Å². The molecule has 1 fully saturated rings. The Morgan fingerprint density at radius 1 is 1.06 bits per heavy atom. The van der Waals surface area contributed by atoms with Gasteiger partial charge in [0.1, 0.15) is 16.5 Å². The maximum atomic E-state index is 11.9. The van der Waals surface area contributed by atoms with Gasteiger partial charge >= 0.3 is 0 Å². The minimum absolute atomic E-state index is 0.0133. The number of primary sulfonamides is 1. The number of methoxy groups -OCH3 is 1. The minimum atomic E-state index is -3.85. The molecule has 1 aromatic heterocycles. The first-order valence-corrected chi connectivity index (χ1v) is 13.5. The van der Waals surface area contributed by atoms with Gasteiger partial charge in [-0.25, -0.2) is 23.5 Å². The summed E-state index contributed by atoms with van der Waals surface area (Å²) >= 11 is 0. The average Bonchev–Trinajstić information content (AvgIpc) is 3.36. The minimum Gasteiger partial charge on any atom is -0.495 e. The van der Waals surface area contributed by atoms with E-state index in [1.807, 2.05) is 54.6 Å². The highest BCUT2D eigenvalue weighted by molar-refractivity contribution is 7.89. The van der Waals surface area contributed by atoms with Crippen LogP contribution in [0.3, 0.4) is 0 Å². The first kappa shape index (κ1) is 24.2. The molecule has 1 unspecified atom stereocenters. The fourth-order valence-electron chi connectivity index (χ4n) is 4.66. The second-order valence-corrected chi connectivity index (χ2v) is 10.4. The van der Waals surface area contributed by atoms with Crippen molar-refractivity contribution in [1.82, 2.24) is 15.3 Å². The van der Waals surface area contributed by atoms with Crippen molar-refractivity contribution in [3.05, 3.63) is 78.4 Å². The monoisotopic (exact) mass is 503 g/mol. The molecule has 3 aromatic carbocycles. The SMILES string of the molecule is COc1ccc(CCNC2CCN(c3nc(-c4ccccc4)nc4ccccc34)C2)cc1S(N)(=O)=O. The number of hydrogen-bond donors (Lipinski definition) is 2. The molecule has 36 heavy (non-hydrogen) atoms. The summed E-state index contributed by atoms with van der Waals surface area (Å²) in [5, 5.41) is 10.0. The Balaban J connectivity index is 1.29. The molecule has 1 aliphatic rings. The third-order valence-corrected chi connectivity index (χ3v) is 7.42. The number of ether oxygens (including phenoxy) is 1. The lowest BCUT2D eigenvalue weighted by atomic mass is 10.1. The van der Waals surface area contributed by atoms with E-state index < -0.39 is 10.0 Å². The van der Waals surface area contributed by atoms with Gasteiger partial charge in [0.15, 0.2) is 5.82 Å². The molecular formula is C27H29N5O3S. The van der Waals surface area contributed by atoms with Crippen molar-refractivity contribution in [3.63, 3.8) is 0 Å². The van der Waals surface area contributed by atoms with Crippen LogP contribution in [0.15, 0.2) is 77.7 Å². The third-order valence-electron chi connectivity index (χ3n) is 6.48. The van der Waals surface area contributed by atoms with E-state index in [9.17, 15) is 8.42 Å². The van der Waals surface area contributed by atoms with Crippen LogP contribution in [0.1, 0.15) is 12.0 Å². The fourth-order valence-corrected chi connectivity index (χ4v) is 5.40. The molecule has 0 amide bonds. The van der Waals surface area contributed by atoms with Gasteiger partial charge in [-0.3, -0.25) is 0 Å². The lowest BCUT2D eigenvalue weighted by Crippen LogP contribution is -2.34. The summed E-state index contributed by atoms with van der Waals surface area (Å²) in [6, 6.07) is 23.6. The number of anilines is 1. The van der Waals surface area contributed by atoms with Crippen molar-refractivity contribution < 1.29 is 13.2 Å². The molecule has 8 nitrogen and oxygen atoms in total. The van der Waals surface area contributed by atoms with E-state index in [-0.39, 0.29) is 10.6 Å². The van der Waals surface area contributed by atoms with Crippen LogP contribution in [-0.4, -0.2) is 51.2 Å². The van der Waals surface area contributed by atoms with Crippen molar-refractivity contribution in [2.45, 2.75) is 23.8 Å². The first-order valence-electron chi connectivity index (χ1n) is 11.9. The van der Waals surface area contributed by atoms with Crippen LogP contribution in [0.4, 0.5) is 5.82 Å². The maximum absolute atomic E-state index is 11.9. The number of aromatic nitrogens is 2. The lowest BCUT2D eigenvalue weighted by Gasteiger charge is -2.20. The zero-order valence-corrected chi connectivity index (χ0v) is 20.9. The molecule has 186 valence electrons. The third kappa shape index (κ3) is 5.18. The summed E-state index contributed by atoms with van der Waals surface area (Å²) in [5.41, 5.74) is 2.82. The molecule has 2 heterocycles. The molecule has 1 atom stereocenters. The summed E-state index contributed by atoms with van der Waals surface area (Å²) in [6.07, 6.45) is 1.67. The number of rotatable bonds is 8. The normalized spacial score (nSPS) is 15.9. The van der Waals surface area contributed by atoms with Crippen LogP contribution in [0.25, 0.3) is 22.3 Å². The van der Waals surface area contributed by atoms with E-state index in [1.54, 1.807) is 12.1 Å². The van der Waals surface area contributed by atoms with Crippen LogP contribution in [-0.2, 0) is 16.4 Å². The number of benzene rings is 3. The van der Waals surface area contributed by atoms with E-state index in [0.717, 1.165) is 53.2 Å². The number of sulfonamides is 1. The Morgan fingerprint density at radius 2 is 1.83 bits per heavy atom. The van der Waals surface area contributed by atoms with Gasteiger partial charge in [0.05, 0.1) is 12.6 Å². The number of nitrogens with one attached hydrogen (secondary N) is 1. The lowest BCUT2D eigenvalue weighted by molar-refractivity contribution is 0.402. The molecule has 0 radical (unpaired) electrons. The van der Waals surface area contributed by atoms with Gasteiger partial charge in [-0.2, -0.15) is 0 Å². The second kappa shape index (κ2) is 10.2. The number of nitrogens with two attached hydrogens (primary N) is 1. The Kier molecular flexibility index (Phi) is 6.86. The molecule has 0 bridgehead atoms. The van der Waals surface area contributed by atoms with Gasteiger partial charge in [-0.05, 0) is 49.2 Å². The predicted octanol–water partition coefficient (Wildman–Crippen LogP) is 3.36. The molecule has 0 saturated carbocycles. The van der Waals surface area contributed by atoms with Gasteiger partial charge in [0.2, 0.25) is 10.0 Å². The van der Waals surface area contributed by atoms with Crippen molar-refractivity contribution in [2.75, 3.05) is 31.6 Å². The zero-order chi connectivity index (χ0) is 25.1. The fraction of sp³-hybridized carbons (Fsp3) is 0.259. The topological polar surface area (TPSA) is 110 Å². The highest BCUT2D eigenvalue weighted by Crippen LogP contribution is 2.30. The predicted molar refractivity (Wildman–Crippen MR) is 142 cm³/mol. The average molecular weight is 504 g/mol. The van der Waals surface area contributed by atoms with E-state index >= 15 is 0 Å². The molecule has 5 rings (SSSR count). The number of para-hydroxylation sites is 1. The van der Waals surface area contributed by atoms with Gasteiger partial charge in [-0.15, -0.1) is 0 Å². The molecule has 3 N–H and O–H groups in total. The largest absolute Gasteiger partial charge is 0.495 e. The van der Waals surface area contributed by atoms with Crippen molar-refractivity contribution >= 4 is 26.7 Å². The second-order valence-electron chi connectivity index (χ2n) is 8.92. The number of nitrogens with zero attached hydrogens (tertiary/aromatic N) is 3. The first-order chi connectivity index (χ1) is 17.4. The molecule has 0 spiro atoms. The van der Waals surface area contributed by atoms with Crippen LogP contribution in [0, 0.1) is 0 Å². The summed E-state index contributed by atoms with van der Waals surface area (Å²) in [5.74, 6) is 1.94. The van der Waals surface area contributed by atoms with Crippen molar-refractivity contribution in [2.24, 2.45) is 5.14 Å². The standard InChI is InChI=1S/C27H29N5O3S/c1-35-24-12-11-19(17-25(24)36(28,33)34)13-15-29-21-14-16-32(18-21)27-22-9-5-6-10-23(22)30-26(31-27)20-7-3-2-4-8-20/h2-12,17,21,29H,13-16,18H2,1H3,(H2,28,33,34). The van der Waals surface area contributed by atoms with Gasteiger partial charge in [0.25, 0.3) is 0 Å². The molecule has 1 aliphatic heterocycles. The van der Waals surface area contributed by atoms with Gasteiger partial charge in [-0.1, -0.05) is 48.5 Å². The quantitative estimate of drug-likeness (QED) is 0.379. The summed E-state index contributed by atoms with van der Waals surface area (Å²) < 4.78 is 28.9. The Morgan fingerprint density at radius 3 is 2.61 bits per heavy atom. The molecule has 0 aliphatic carbocycles. The Bertz CT molecular complexity index is 1480. The number of hydrogen-bond acceptors (Lipinski definition) is 7. The van der Waals surface area contributed by atoms with Gasteiger partial charge in [0, 0.05) is 30.1 Å². The molecular weight excluding hydrogens is 474 g/mol. The van der Waals surface area contributed by atoms with Gasteiger partial charge < -0.3 is 15.0 Å². The maximum Gasteiger partial charge on any atom is 0.241 e. The van der Waals surface area contributed by atoms with Crippen molar-refractivity contribution in [1.29, 1.82) is 0 Å². The number of fused-ring (bicyclic) bond motifs is 1. The molecule has 4 aromatic rings. The van der Waals surface area contributed by atoms with E-state index in [0.29, 0.717) is 19.0 Å². The summed E-state index contributed by atoms with van der Waals surface area (Å²) in [7, 11) is -2.42. The van der Waals surface area contributed by atoms with Crippen LogP contribution in [0.2, 0.25) is 0 Å². The smallest absolute Gasteiger partial charge is 0.241 e.